The van der Waals surface area contributed by atoms with E-state index in [9.17, 15) is 9.59 Å². The maximum atomic E-state index is 12.8. The van der Waals surface area contributed by atoms with Crippen molar-refractivity contribution < 1.29 is 28.5 Å². The summed E-state index contributed by atoms with van der Waals surface area (Å²) in [7, 11) is 0. The van der Waals surface area contributed by atoms with Crippen molar-refractivity contribution in [1.82, 2.24) is 10.3 Å². The minimum Gasteiger partial charge on any atom is -0.486 e. The van der Waals surface area contributed by atoms with Crippen LogP contribution in [0.3, 0.4) is 0 Å². The average molecular weight is 480 g/mol. The monoisotopic (exact) mass is 479 g/mol. The number of rotatable bonds is 7. The first-order valence-electron chi connectivity index (χ1n) is 10.6. The molecule has 2 aliphatic rings. The van der Waals surface area contributed by atoms with E-state index in [-0.39, 0.29) is 37.0 Å². The molecule has 3 heterocycles. The van der Waals surface area contributed by atoms with E-state index in [1.165, 1.54) is 11.8 Å². The number of amides is 2. The maximum absolute atomic E-state index is 12.8. The molecule has 3 aromatic rings. The number of thioether (sulfide) groups is 1. The van der Waals surface area contributed by atoms with Crippen molar-refractivity contribution in [2.75, 3.05) is 31.0 Å². The van der Waals surface area contributed by atoms with Gasteiger partial charge in [0.05, 0.1) is 17.9 Å². The van der Waals surface area contributed by atoms with Crippen LogP contribution in [0.4, 0.5) is 5.69 Å². The number of aromatic nitrogens is 1. The first-order chi connectivity index (χ1) is 16.7. The van der Waals surface area contributed by atoms with Crippen LogP contribution in [0.15, 0.2) is 65.8 Å². The van der Waals surface area contributed by atoms with Gasteiger partial charge in [0, 0.05) is 18.0 Å². The Morgan fingerprint density at radius 3 is 2.71 bits per heavy atom. The van der Waals surface area contributed by atoms with Gasteiger partial charge in [-0.1, -0.05) is 23.9 Å². The Hall–Kier alpha value is -3.92. The summed E-state index contributed by atoms with van der Waals surface area (Å²) in [6, 6.07) is 16.0. The molecule has 34 heavy (non-hydrogen) atoms. The number of fused-ring (bicyclic) bond motifs is 2. The predicted octanol–water partition coefficient (Wildman–Crippen LogP) is 3.11. The molecule has 2 aliphatic heterocycles. The lowest BCUT2D eigenvalue weighted by atomic mass is 10.2. The number of benzene rings is 2. The van der Waals surface area contributed by atoms with Gasteiger partial charge in [-0.2, -0.15) is 0 Å². The normalized spacial score (nSPS) is 15.5. The number of para-hydroxylation sites is 2. The summed E-state index contributed by atoms with van der Waals surface area (Å²) < 4.78 is 22.2. The Morgan fingerprint density at radius 2 is 1.79 bits per heavy atom. The molecule has 0 spiro atoms. The molecule has 5 rings (SSSR count). The third kappa shape index (κ3) is 5.01. The quantitative estimate of drug-likeness (QED) is 0.498. The fourth-order valence-corrected chi connectivity index (χ4v) is 4.24. The minimum atomic E-state index is -0.306. The molecule has 2 amide bonds. The van der Waals surface area contributed by atoms with Crippen molar-refractivity contribution in [1.29, 1.82) is 0 Å². The summed E-state index contributed by atoms with van der Waals surface area (Å²) in [6.45, 7) is 0.781. The van der Waals surface area contributed by atoms with Crippen LogP contribution in [0.2, 0.25) is 0 Å². The molecule has 174 valence electrons. The molecule has 0 saturated heterocycles. The van der Waals surface area contributed by atoms with Crippen LogP contribution >= 0.6 is 11.8 Å². The highest BCUT2D eigenvalue weighted by Crippen LogP contribution is 2.34. The molecule has 0 fully saturated rings. The third-order valence-corrected chi connectivity index (χ3v) is 6.08. The highest BCUT2D eigenvalue weighted by molar-refractivity contribution is 8.00. The number of hydrogen-bond donors (Lipinski definition) is 2. The molecule has 0 radical (unpaired) electrons. The predicted molar refractivity (Wildman–Crippen MR) is 125 cm³/mol. The van der Waals surface area contributed by atoms with E-state index in [0.29, 0.717) is 45.9 Å². The fourth-order valence-electron chi connectivity index (χ4n) is 3.45. The van der Waals surface area contributed by atoms with Crippen molar-refractivity contribution in [2.45, 2.75) is 11.1 Å². The van der Waals surface area contributed by atoms with Crippen molar-refractivity contribution in [3.8, 4) is 23.0 Å². The van der Waals surface area contributed by atoms with E-state index in [0.717, 1.165) is 0 Å². The lowest BCUT2D eigenvalue weighted by Crippen LogP contribution is -2.40. The summed E-state index contributed by atoms with van der Waals surface area (Å²) in [4.78, 5) is 29.5. The number of hydrogen-bond acceptors (Lipinski definition) is 8. The molecule has 1 atom stereocenters. The number of carbonyl (C=O) groups is 2. The van der Waals surface area contributed by atoms with Gasteiger partial charge in [0.2, 0.25) is 12.7 Å². The van der Waals surface area contributed by atoms with E-state index >= 15 is 0 Å². The summed E-state index contributed by atoms with van der Waals surface area (Å²) in [5, 5.41) is 6.15. The fraction of sp³-hybridized carbons (Fsp3) is 0.208. The van der Waals surface area contributed by atoms with Crippen LogP contribution in [0.25, 0.3) is 0 Å². The third-order valence-electron chi connectivity index (χ3n) is 5.07. The summed E-state index contributed by atoms with van der Waals surface area (Å²) in [5.41, 5.74) is 0.991. The van der Waals surface area contributed by atoms with Gasteiger partial charge in [-0.15, -0.1) is 0 Å². The molecule has 0 unspecified atom stereocenters. The number of nitrogens with one attached hydrogen (secondary N) is 2. The van der Waals surface area contributed by atoms with E-state index in [2.05, 4.69) is 15.6 Å². The van der Waals surface area contributed by atoms with Crippen molar-refractivity contribution in [3.05, 3.63) is 66.4 Å². The zero-order valence-electron chi connectivity index (χ0n) is 18.0. The zero-order chi connectivity index (χ0) is 23.3. The van der Waals surface area contributed by atoms with Crippen LogP contribution in [0, 0.1) is 0 Å². The van der Waals surface area contributed by atoms with Gasteiger partial charge in [0.25, 0.3) is 5.91 Å². The zero-order valence-corrected chi connectivity index (χ0v) is 18.8. The molecule has 0 bridgehead atoms. The average Bonchev–Trinajstić information content (AvgIpc) is 3.34. The maximum Gasteiger partial charge on any atom is 0.254 e. The Balaban J connectivity index is 1.15. The summed E-state index contributed by atoms with van der Waals surface area (Å²) >= 11 is 1.18. The van der Waals surface area contributed by atoms with E-state index < -0.39 is 0 Å². The van der Waals surface area contributed by atoms with Crippen molar-refractivity contribution >= 4 is 29.3 Å². The number of carbonyl (C=O) groups excluding carboxylic acids is 2. The highest BCUT2D eigenvalue weighted by Gasteiger charge is 2.22. The SMILES string of the molecule is O=C(CSc1ncccc1C(=O)NC[C@H]1COc2ccccc2O1)Nc1ccc2c(c1)OCO2. The van der Waals surface area contributed by atoms with Crippen LogP contribution in [0.1, 0.15) is 10.4 Å². The molecule has 0 saturated carbocycles. The molecular formula is C24H21N3O6S. The van der Waals surface area contributed by atoms with Gasteiger partial charge < -0.3 is 29.6 Å². The second kappa shape index (κ2) is 9.92. The lowest BCUT2D eigenvalue weighted by Gasteiger charge is -2.26. The molecule has 1 aromatic heterocycles. The van der Waals surface area contributed by atoms with Gasteiger partial charge in [-0.25, -0.2) is 4.98 Å². The smallest absolute Gasteiger partial charge is 0.254 e. The van der Waals surface area contributed by atoms with Crippen LogP contribution in [0.5, 0.6) is 23.0 Å². The Bertz CT molecular complexity index is 1220. The Morgan fingerprint density at radius 1 is 0.971 bits per heavy atom. The first kappa shape index (κ1) is 21.9. The standard InChI is InChI=1S/C24H21N3O6S/c28-22(27-15-7-8-19-21(10-15)32-14-31-19)13-34-24-17(4-3-9-25-24)23(29)26-11-16-12-30-18-5-1-2-6-20(18)33-16/h1-10,16H,11-14H2,(H,26,29)(H,27,28)/t16-/m0/s1. The molecule has 2 N–H and O–H groups in total. The molecule has 2 aromatic carbocycles. The molecule has 0 aliphatic carbocycles. The Labute approximate surface area is 199 Å². The second-order valence-corrected chi connectivity index (χ2v) is 8.43. The first-order valence-corrected chi connectivity index (χ1v) is 11.6. The summed E-state index contributed by atoms with van der Waals surface area (Å²) in [5.74, 6) is 2.13. The van der Waals surface area contributed by atoms with Gasteiger partial charge >= 0.3 is 0 Å². The van der Waals surface area contributed by atoms with E-state index in [1.807, 2.05) is 24.3 Å². The minimum absolute atomic E-state index is 0.0854. The van der Waals surface area contributed by atoms with Crippen LogP contribution < -0.4 is 29.6 Å². The Kier molecular flexibility index (Phi) is 6.39. The van der Waals surface area contributed by atoms with E-state index in [1.54, 1.807) is 36.5 Å². The van der Waals surface area contributed by atoms with Gasteiger partial charge in [0.15, 0.2) is 23.0 Å². The molecule has 9 nitrogen and oxygen atoms in total. The van der Waals surface area contributed by atoms with Gasteiger partial charge in [-0.05, 0) is 36.4 Å². The number of nitrogens with zero attached hydrogens (tertiary/aromatic N) is 1. The second-order valence-electron chi connectivity index (χ2n) is 7.47. The van der Waals surface area contributed by atoms with Gasteiger partial charge in [-0.3, -0.25) is 9.59 Å². The van der Waals surface area contributed by atoms with Gasteiger partial charge in [0.1, 0.15) is 17.7 Å². The number of anilines is 1. The highest BCUT2D eigenvalue weighted by atomic mass is 32.2. The molecule has 10 heteroatoms. The topological polar surface area (TPSA) is 108 Å². The van der Waals surface area contributed by atoms with Crippen LogP contribution in [-0.4, -0.2) is 48.6 Å². The van der Waals surface area contributed by atoms with Crippen LogP contribution in [-0.2, 0) is 4.79 Å². The van der Waals surface area contributed by atoms with Crippen molar-refractivity contribution in [2.24, 2.45) is 0 Å². The number of ether oxygens (including phenoxy) is 4. The van der Waals surface area contributed by atoms with E-state index in [4.69, 9.17) is 18.9 Å². The lowest BCUT2D eigenvalue weighted by molar-refractivity contribution is -0.113. The largest absolute Gasteiger partial charge is 0.486 e. The summed E-state index contributed by atoms with van der Waals surface area (Å²) in [6.07, 6.45) is 1.28. The van der Waals surface area contributed by atoms with Crippen molar-refractivity contribution in [3.63, 3.8) is 0 Å². The molecular weight excluding hydrogens is 458 g/mol. The number of pyridine rings is 1.